The van der Waals surface area contributed by atoms with Crippen LogP contribution < -0.4 is 16.6 Å². The first-order chi connectivity index (χ1) is 10.8. The Morgan fingerprint density at radius 3 is 2.65 bits per heavy atom. The van der Waals surface area contributed by atoms with Gasteiger partial charge in [0.2, 0.25) is 5.91 Å². The van der Waals surface area contributed by atoms with Gasteiger partial charge in [0.15, 0.2) is 0 Å². The fourth-order valence-electron chi connectivity index (χ4n) is 2.07. The standard InChI is InChI=1S/C15H15Br2N3O3/c1-8(2)10-5-9(16)3-4-12(10)18-13(21)7-20-6-11(17)14(22)19-15(20)23/h3-6,8H,7H2,1-2H3,(H,18,21)(H,19,22,23). The number of hydrogen-bond acceptors (Lipinski definition) is 3. The molecule has 1 aromatic carbocycles. The van der Waals surface area contributed by atoms with E-state index in [9.17, 15) is 14.4 Å². The number of nitrogens with zero attached hydrogens (tertiary/aromatic N) is 1. The summed E-state index contributed by atoms with van der Waals surface area (Å²) in [4.78, 5) is 37.3. The minimum Gasteiger partial charge on any atom is -0.324 e. The zero-order valence-corrected chi connectivity index (χ0v) is 15.7. The van der Waals surface area contributed by atoms with Crippen molar-refractivity contribution < 1.29 is 4.79 Å². The van der Waals surface area contributed by atoms with Crippen molar-refractivity contribution in [1.29, 1.82) is 0 Å². The Hall–Kier alpha value is -1.67. The Balaban J connectivity index is 2.22. The summed E-state index contributed by atoms with van der Waals surface area (Å²) in [6.45, 7) is 3.86. The van der Waals surface area contributed by atoms with E-state index in [0.29, 0.717) is 5.69 Å². The Morgan fingerprint density at radius 1 is 1.30 bits per heavy atom. The first-order valence-corrected chi connectivity index (χ1v) is 8.45. The monoisotopic (exact) mass is 443 g/mol. The van der Waals surface area contributed by atoms with Crippen LogP contribution in [0.5, 0.6) is 0 Å². The van der Waals surface area contributed by atoms with E-state index in [0.717, 1.165) is 14.6 Å². The van der Waals surface area contributed by atoms with Crippen LogP contribution in [0.15, 0.2) is 42.9 Å². The third kappa shape index (κ3) is 4.42. The van der Waals surface area contributed by atoms with E-state index in [1.807, 2.05) is 32.0 Å². The van der Waals surface area contributed by atoms with Gasteiger partial charge in [-0.05, 0) is 45.6 Å². The molecule has 0 fully saturated rings. The molecule has 0 radical (unpaired) electrons. The van der Waals surface area contributed by atoms with Gasteiger partial charge in [0.1, 0.15) is 6.54 Å². The van der Waals surface area contributed by atoms with Crippen molar-refractivity contribution in [2.45, 2.75) is 26.3 Å². The molecule has 0 bridgehead atoms. The molecule has 23 heavy (non-hydrogen) atoms. The summed E-state index contributed by atoms with van der Waals surface area (Å²) in [5, 5.41) is 2.80. The van der Waals surface area contributed by atoms with Gasteiger partial charge in [-0.1, -0.05) is 29.8 Å². The first-order valence-electron chi connectivity index (χ1n) is 6.86. The van der Waals surface area contributed by atoms with E-state index in [2.05, 4.69) is 42.2 Å². The number of aromatic amines is 1. The number of aromatic nitrogens is 2. The highest BCUT2D eigenvalue weighted by Gasteiger charge is 2.12. The van der Waals surface area contributed by atoms with Gasteiger partial charge in [-0.25, -0.2) is 4.79 Å². The van der Waals surface area contributed by atoms with E-state index in [-0.39, 0.29) is 22.8 Å². The molecular formula is C15H15Br2N3O3. The molecule has 6 nitrogen and oxygen atoms in total. The third-order valence-electron chi connectivity index (χ3n) is 3.19. The Bertz CT molecular complexity index is 856. The first kappa shape index (κ1) is 17.7. The molecule has 1 heterocycles. The summed E-state index contributed by atoms with van der Waals surface area (Å²) in [7, 11) is 0. The molecule has 1 amide bonds. The molecule has 0 atom stereocenters. The average Bonchev–Trinajstić information content (AvgIpc) is 2.46. The summed E-state index contributed by atoms with van der Waals surface area (Å²) in [5.74, 6) is -0.122. The van der Waals surface area contributed by atoms with Crippen molar-refractivity contribution in [3.05, 3.63) is 59.7 Å². The molecule has 0 aliphatic rings. The predicted molar refractivity (Wildman–Crippen MR) is 95.9 cm³/mol. The summed E-state index contributed by atoms with van der Waals surface area (Å²) >= 11 is 6.45. The Kier molecular flexibility index (Phi) is 5.59. The van der Waals surface area contributed by atoms with Crippen molar-refractivity contribution in [2.24, 2.45) is 0 Å². The van der Waals surface area contributed by atoms with Crippen LogP contribution in [-0.2, 0) is 11.3 Å². The lowest BCUT2D eigenvalue weighted by molar-refractivity contribution is -0.116. The molecular weight excluding hydrogens is 430 g/mol. The van der Waals surface area contributed by atoms with Crippen LogP contribution in [-0.4, -0.2) is 15.5 Å². The van der Waals surface area contributed by atoms with Gasteiger partial charge >= 0.3 is 5.69 Å². The lowest BCUT2D eigenvalue weighted by Gasteiger charge is -2.14. The van der Waals surface area contributed by atoms with Crippen LogP contribution in [0.2, 0.25) is 0 Å². The summed E-state index contributed by atoms with van der Waals surface area (Å²) in [5.41, 5.74) is 0.530. The molecule has 0 aliphatic heterocycles. The number of hydrogen-bond donors (Lipinski definition) is 2. The zero-order chi connectivity index (χ0) is 17.1. The molecule has 0 aliphatic carbocycles. The second-order valence-corrected chi connectivity index (χ2v) is 7.07. The smallest absolute Gasteiger partial charge is 0.324 e. The lowest BCUT2D eigenvalue weighted by atomic mass is 10.0. The number of rotatable bonds is 4. The average molecular weight is 445 g/mol. The SMILES string of the molecule is CC(C)c1cc(Br)ccc1NC(=O)Cn1cc(Br)c(=O)[nH]c1=O. The number of H-pyrrole nitrogens is 1. The summed E-state index contributed by atoms with van der Waals surface area (Å²) in [6.07, 6.45) is 1.30. The topological polar surface area (TPSA) is 84.0 Å². The number of halogens is 2. The third-order valence-corrected chi connectivity index (χ3v) is 4.25. The van der Waals surface area contributed by atoms with Gasteiger partial charge < -0.3 is 5.32 Å². The predicted octanol–water partition coefficient (Wildman–Crippen LogP) is 2.82. The van der Waals surface area contributed by atoms with Crippen LogP contribution in [0.25, 0.3) is 0 Å². The van der Waals surface area contributed by atoms with Gasteiger partial charge in [0.05, 0.1) is 4.47 Å². The normalized spacial score (nSPS) is 10.8. The highest BCUT2D eigenvalue weighted by molar-refractivity contribution is 9.10. The van der Waals surface area contributed by atoms with Gasteiger partial charge in [0, 0.05) is 16.4 Å². The maximum Gasteiger partial charge on any atom is 0.328 e. The van der Waals surface area contributed by atoms with Crippen molar-refractivity contribution in [1.82, 2.24) is 9.55 Å². The van der Waals surface area contributed by atoms with Crippen molar-refractivity contribution in [2.75, 3.05) is 5.32 Å². The second kappa shape index (κ2) is 7.27. The van der Waals surface area contributed by atoms with Crippen LogP contribution >= 0.6 is 31.9 Å². The number of nitrogens with one attached hydrogen (secondary N) is 2. The molecule has 2 N–H and O–H groups in total. The fraction of sp³-hybridized carbons (Fsp3) is 0.267. The molecule has 0 spiro atoms. The van der Waals surface area contributed by atoms with Gasteiger partial charge in [0.25, 0.3) is 5.56 Å². The van der Waals surface area contributed by atoms with E-state index >= 15 is 0 Å². The molecule has 2 aromatic rings. The summed E-state index contributed by atoms with van der Waals surface area (Å²) in [6, 6.07) is 5.59. The van der Waals surface area contributed by atoms with E-state index in [1.54, 1.807) is 0 Å². The lowest BCUT2D eigenvalue weighted by Crippen LogP contribution is -2.33. The van der Waals surface area contributed by atoms with Crippen LogP contribution in [0.4, 0.5) is 5.69 Å². The molecule has 2 rings (SSSR count). The molecule has 1 aromatic heterocycles. The zero-order valence-electron chi connectivity index (χ0n) is 12.5. The number of carbonyl (C=O) groups is 1. The van der Waals surface area contributed by atoms with Crippen LogP contribution in [0.1, 0.15) is 25.3 Å². The second-order valence-electron chi connectivity index (χ2n) is 5.30. The minimum absolute atomic E-state index is 0.191. The van der Waals surface area contributed by atoms with E-state index in [1.165, 1.54) is 6.20 Å². The number of amides is 1. The Morgan fingerprint density at radius 2 is 2.00 bits per heavy atom. The minimum atomic E-state index is -0.631. The number of anilines is 1. The maximum atomic E-state index is 12.2. The van der Waals surface area contributed by atoms with Crippen molar-refractivity contribution in [3.8, 4) is 0 Å². The quantitative estimate of drug-likeness (QED) is 0.760. The van der Waals surface area contributed by atoms with Crippen molar-refractivity contribution >= 4 is 43.5 Å². The fourth-order valence-corrected chi connectivity index (χ4v) is 2.79. The maximum absolute atomic E-state index is 12.2. The van der Waals surface area contributed by atoms with Crippen LogP contribution in [0.3, 0.4) is 0 Å². The molecule has 0 unspecified atom stereocenters. The molecule has 8 heteroatoms. The largest absolute Gasteiger partial charge is 0.328 e. The number of benzene rings is 1. The van der Waals surface area contributed by atoms with E-state index < -0.39 is 11.2 Å². The Labute approximate surface area is 149 Å². The number of carbonyl (C=O) groups excluding carboxylic acids is 1. The summed E-state index contributed by atoms with van der Waals surface area (Å²) < 4.78 is 2.26. The molecule has 0 saturated carbocycles. The molecule has 122 valence electrons. The highest BCUT2D eigenvalue weighted by atomic mass is 79.9. The van der Waals surface area contributed by atoms with Gasteiger partial charge in [-0.2, -0.15) is 0 Å². The highest BCUT2D eigenvalue weighted by Crippen LogP contribution is 2.27. The molecule has 0 saturated heterocycles. The van der Waals surface area contributed by atoms with Crippen molar-refractivity contribution in [3.63, 3.8) is 0 Å². The van der Waals surface area contributed by atoms with Crippen LogP contribution in [0, 0.1) is 0 Å². The van der Waals surface area contributed by atoms with E-state index in [4.69, 9.17) is 0 Å². The van der Waals surface area contributed by atoms with Gasteiger partial charge in [-0.3, -0.25) is 19.1 Å². The van der Waals surface area contributed by atoms with Gasteiger partial charge in [-0.15, -0.1) is 0 Å².